The molecule has 0 atom stereocenters. The molecule has 41 heavy (non-hydrogen) atoms. The van der Waals surface area contributed by atoms with Gasteiger partial charge in [0.2, 0.25) is 0 Å². The second-order valence-corrected chi connectivity index (χ2v) is 12.0. The Balaban J connectivity index is 1.07. The number of hydrogen-bond donors (Lipinski definition) is 3. The summed E-state index contributed by atoms with van der Waals surface area (Å²) in [6.07, 6.45) is 5.96. The van der Waals surface area contributed by atoms with Crippen molar-refractivity contribution in [2.24, 2.45) is 0 Å². The minimum Gasteiger partial charge on any atom is -0.492 e. The molecule has 4 heterocycles. The van der Waals surface area contributed by atoms with E-state index in [1.807, 2.05) is 50.4 Å². The van der Waals surface area contributed by atoms with Crippen molar-refractivity contribution in [3.05, 3.63) is 60.5 Å². The first-order valence-electron chi connectivity index (χ1n) is 13.9. The van der Waals surface area contributed by atoms with Crippen LogP contribution >= 0.6 is 11.3 Å². The van der Waals surface area contributed by atoms with Gasteiger partial charge in [-0.1, -0.05) is 48.9 Å². The van der Waals surface area contributed by atoms with Crippen molar-refractivity contribution in [2.45, 2.75) is 38.5 Å². The number of ether oxygens (including phenoxy) is 1. The number of anilines is 2. The van der Waals surface area contributed by atoms with E-state index in [0.717, 1.165) is 38.7 Å². The number of rotatable bonds is 9. The van der Waals surface area contributed by atoms with Crippen molar-refractivity contribution in [1.29, 1.82) is 0 Å². The number of nitrogens with zero attached hydrogens (tertiary/aromatic N) is 4. The van der Waals surface area contributed by atoms with Crippen LogP contribution in [0.2, 0.25) is 0 Å². The van der Waals surface area contributed by atoms with E-state index in [1.165, 1.54) is 32.4 Å². The fraction of sp³-hybridized carbons (Fsp3) is 0.367. The molecule has 10 nitrogen and oxygen atoms in total. The third kappa shape index (κ3) is 6.07. The Labute approximate surface area is 241 Å². The lowest BCUT2D eigenvalue weighted by Crippen LogP contribution is -2.33. The van der Waals surface area contributed by atoms with Gasteiger partial charge < -0.3 is 19.7 Å². The van der Waals surface area contributed by atoms with Gasteiger partial charge in [-0.2, -0.15) is 0 Å². The van der Waals surface area contributed by atoms with Crippen LogP contribution in [-0.4, -0.2) is 63.4 Å². The normalized spacial score (nSPS) is 14.5. The third-order valence-corrected chi connectivity index (χ3v) is 8.46. The Bertz CT molecular complexity index is 1650. The van der Waals surface area contributed by atoms with Gasteiger partial charge in [0, 0.05) is 35.5 Å². The maximum absolute atomic E-state index is 12.4. The first-order chi connectivity index (χ1) is 19.9. The molecule has 1 saturated heterocycles. The standard InChI is InChI=1S/C30H34N6O4S/c1-30(2,19-37)26-17-27(34-40-26)33-28(38)31-21-8-6-20(7-9-21)23-18-36-24-11-10-22(16-25(24)41-29(36)32-23)39-15-14-35-12-4-3-5-13-35/h6-11,16-18,37H,3-5,12-15,19H2,1-2H3,(H2,31,33,34,38). The zero-order valence-corrected chi connectivity index (χ0v) is 24.0. The first-order valence-corrected chi connectivity index (χ1v) is 14.7. The number of likely N-dealkylation sites (tertiary alicyclic amines) is 1. The molecular weight excluding hydrogens is 540 g/mol. The molecule has 5 aromatic rings. The number of aliphatic hydroxyl groups excluding tert-OH is 1. The van der Waals surface area contributed by atoms with Gasteiger partial charge in [0.1, 0.15) is 18.1 Å². The molecule has 1 fully saturated rings. The van der Waals surface area contributed by atoms with Gasteiger partial charge in [-0.15, -0.1) is 0 Å². The molecular formula is C30H34N6O4S. The van der Waals surface area contributed by atoms with Gasteiger partial charge in [0.05, 0.1) is 22.5 Å². The largest absolute Gasteiger partial charge is 0.492 e. The predicted octanol–water partition coefficient (Wildman–Crippen LogP) is 5.98. The van der Waals surface area contributed by atoms with Crippen LogP contribution in [-0.2, 0) is 5.41 Å². The molecule has 11 heteroatoms. The monoisotopic (exact) mass is 574 g/mol. The summed E-state index contributed by atoms with van der Waals surface area (Å²) in [7, 11) is 0. The fourth-order valence-corrected chi connectivity index (χ4v) is 5.96. The molecule has 0 unspecified atom stereocenters. The number of thiazole rings is 1. The van der Waals surface area contributed by atoms with E-state index < -0.39 is 11.4 Å². The summed E-state index contributed by atoms with van der Waals surface area (Å²) in [4.78, 5) is 20.7. The highest BCUT2D eigenvalue weighted by atomic mass is 32.1. The summed E-state index contributed by atoms with van der Waals surface area (Å²) < 4.78 is 14.6. The van der Waals surface area contributed by atoms with E-state index in [-0.39, 0.29) is 12.4 Å². The van der Waals surface area contributed by atoms with Crippen molar-refractivity contribution >= 4 is 44.1 Å². The zero-order chi connectivity index (χ0) is 28.4. The van der Waals surface area contributed by atoms with E-state index in [4.69, 9.17) is 14.2 Å². The quantitative estimate of drug-likeness (QED) is 0.198. The minimum atomic E-state index is -0.586. The van der Waals surface area contributed by atoms with E-state index >= 15 is 0 Å². The van der Waals surface area contributed by atoms with Crippen LogP contribution in [0.5, 0.6) is 5.75 Å². The Kier molecular flexibility index (Phi) is 7.65. The molecule has 0 aliphatic carbocycles. The second kappa shape index (κ2) is 11.5. The summed E-state index contributed by atoms with van der Waals surface area (Å²) in [5.74, 6) is 1.66. The third-order valence-electron chi connectivity index (χ3n) is 7.44. The Morgan fingerprint density at radius 1 is 1.10 bits per heavy atom. The van der Waals surface area contributed by atoms with E-state index in [2.05, 4.69) is 37.2 Å². The maximum atomic E-state index is 12.4. The lowest BCUT2D eigenvalue weighted by Gasteiger charge is -2.26. The number of benzene rings is 2. The average Bonchev–Trinajstić information content (AvgIpc) is 3.69. The van der Waals surface area contributed by atoms with Crippen molar-refractivity contribution in [3.63, 3.8) is 0 Å². The molecule has 2 amide bonds. The Hall–Kier alpha value is -3.93. The zero-order valence-electron chi connectivity index (χ0n) is 23.2. The first kappa shape index (κ1) is 27.3. The molecule has 0 radical (unpaired) electrons. The molecule has 6 rings (SSSR count). The number of aliphatic hydroxyl groups is 1. The van der Waals surface area contributed by atoms with Crippen molar-refractivity contribution in [1.82, 2.24) is 19.4 Å². The number of fused-ring (bicyclic) bond motifs is 3. The van der Waals surface area contributed by atoms with Crippen LogP contribution in [0.4, 0.5) is 16.3 Å². The van der Waals surface area contributed by atoms with Crippen LogP contribution in [0.3, 0.4) is 0 Å². The van der Waals surface area contributed by atoms with Crippen LogP contribution in [0.1, 0.15) is 38.9 Å². The number of amides is 2. The molecule has 214 valence electrons. The number of urea groups is 1. The van der Waals surface area contributed by atoms with Crippen LogP contribution in [0, 0.1) is 0 Å². The molecule has 1 aliphatic rings. The van der Waals surface area contributed by atoms with Crippen molar-refractivity contribution < 1.29 is 19.2 Å². The molecule has 0 spiro atoms. The summed E-state index contributed by atoms with van der Waals surface area (Å²) in [6.45, 7) is 7.59. The number of hydrogen-bond acceptors (Lipinski definition) is 8. The lowest BCUT2D eigenvalue weighted by atomic mass is 9.92. The average molecular weight is 575 g/mol. The predicted molar refractivity (Wildman–Crippen MR) is 161 cm³/mol. The number of imidazole rings is 1. The number of aromatic nitrogens is 3. The highest BCUT2D eigenvalue weighted by molar-refractivity contribution is 7.23. The fourth-order valence-electron chi connectivity index (χ4n) is 4.92. The number of piperidine rings is 1. The topological polar surface area (TPSA) is 117 Å². The van der Waals surface area contributed by atoms with Gasteiger partial charge in [0.15, 0.2) is 10.8 Å². The lowest BCUT2D eigenvalue weighted by molar-refractivity contribution is 0.183. The highest BCUT2D eigenvalue weighted by Gasteiger charge is 2.25. The Morgan fingerprint density at radius 2 is 1.90 bits per heavy atom. The van der Waals surface area contributed by atoms with Gasteiger partial charge in [-0.25, -0.2) is 9.78 Å². The molecule has 2 aromatic carbocycles. The van der Waals surface area contributed by atoms with Gasteiger partial charge in [-0.3, -0.25) is 14.6 Å². The van der Waals surface area contributed by atoms with Crippen LogP contribution < -0.4 is 15.4 Å². The summed E-state index contributed by atoms with van der Waals surface area (Å²) in [6, 6.07) is 14.9. The van der Waals surface area contributed by atoms with Gasteiger partial charge in [0.25, 0.3) is 0 Å². The highest BCUT2D eigenvalue weighted by Crippen LogP contribution is 2.32. The summed E-state index contributed by atoms with van der Waals surface area (Å²) in [5.41, 5.74) is 2.95. The SMILES string of the molecule is CC(C)(CO)c1cc(NC(=O)Nc2ccc(-c3cn4c(n3)sc3cc(OCCN5CCCCC5)ccc34)cc2)no1. The van der Waals surface area contributed by atoms with Crippen LogP contribution in [0.15, 0.2) is 59.3 Å². The van der Waals surface area contributed by atoms with Crippen molar-refractivity contribution in [3.8, 4) is 17.0 Å². The number of carbonyl (C=O) groups excluding carboxylic acids is 1. The molecule has 1 aliphatic heterocycles. The Morgan fingerprint density at radius 3 is 2.68 bits per heavy atom. The minimum absolute atomic E-state index is 0.0972. The molecule has 3 aromatic heterocycles. The number of nitrogens with one attached hydrogen (secondary N) is 2. The van der Waals surface area contributed by atoms with Crippen molar-refractivity contribution in [2.75, 3.05) is 43.5 Å². The van der Waals surface area contributed by atoms with Gasteiger partial charge >= 0.3 is 6.03 Å². The second-order valence-electron chi connectivity index (χ2n) is 11.0. The van der Waals surface area contributed by atoms with E-state index in [0.29, 0.717) is 18.1 Å². The summed E-state index contributed by atoms with van der Waals surface area (Å²) in [5, 5.41) is 18.8. The molecule has 3 N–H and O–H groups in total. The van der Waals surface area contributed by atoms with E-state index in [9.17, 15) is 9.90 Å². The summed E-state index contributed by atoms with van der Waals surface area (Å²) >= 11 is 1.64. The molecule has 0 bridgehead atoms. The van der Waals surface area contributed by atoms with E-state index in [1.54, 1.807) is 17.4 Å². The maximum Gasteiger partial charge on any atom is 0.324 e. The van der Waals surface area contributed by atoms with Crippen LogP contribution in [0.25, 0.3) is 26.4 Å². The smallest absolute Gasteiger partial charge is 0.324 e. The number of carbonyl (C=O) groups is 1. The van der Waals surface area contributed by atoms with Gasteiger partial charge in [-0.05, 0) is 56.3 Å². The molecule has 0 saturated carbocycles.